The van der Waals surface area contributed by atoms with Crippen LogP contribution < -0.4 is 0 Å². The molecule has 0 aliphatic carbocycles. The van der Waals surface area contributed by atoms with Gasteiger partial charge in [0.05, 0.1) is 21.0 Å². The molecule has 0 saturated heterocycles. The lowest BCUT2D eigenvalue weighted by molar-refractivity contribution is -0.385. The molecule has 0 aliphatic rings. The minimum absolute atomic E-state index is 0. The van der Waals surface area contributed by atoms with Gasteiger partial charge in [-0.1, -0.05) is 35.3 Å². The molecule has 248 valence electrons. The number of benzene rings is 4. The maximum atomic E-state index is 12.6. The van der Waals surface area contributed by atoms with Crippen LogP contribution in [0.5, 0.6) is 0 Å². The Balaban J connectivity index is 0.000000320. The van der Waals surface area contributed by atoms with Gasteiger partial charge in [-0.15, -0.1) is 0 Å². The molecule has 0 aliphatic heterocycles. The molecule has 0 aromatic heterocycles. The Morgan fingerprint density at radius 1 is 0.574 bits per heavy atom. The third kappa shape index (κ3) is 9.39. The lowest BCUT2D eigenvalue weighted by Gasteiger charge is -2.10. The molecule has 0 saturated carbocycles. The van der Waals surface area contributed by atoms with E-state index in [-0.39, 0.29) is 48.9 Å². The highest BCUT2D eigenvalue weighted by Crippen LogP contribution is 2.38. The fraction of sp³-hybridized carbons (Fsp3) is 0.0714. The van der Waals surface area contributed by atoms with E-state index in [1.165, 1.54) is 12.1 Å². The summed E-state index contributed by atoms with van der Waals surface area (Å²) >= 11 is 22.3. The maximum absolute atomic E-state index is 12.6. The van der Waals surface area contributed by atoms with Crippen LogP contribution in [0.1, 0.15) is 31.8 Å². The highest BCUT2D eigenvalue weighted by atomic mass is 35.5. The molecule has 0 bridgehead atoms. The Kier molecular flexibility index (Phi) is 12.5. The first kappa shape index (κ1) is 38.9. The van der Waals surface area contributed by atoms with E-state index in [2.05, 4.69) is 0 Å². The second-order valence-electron chi connectivity index (χ2n) is 8.91. The van der Waals surface area contributed by atoms with Gasteiger partial charge in [0, 0.05) is 33.3 Å². The van der Waals surface area contributed by atoms with Gasteiger partial charge in [-0.2, -0.15) is 26.3 Å². The van der Waals surface area contributed by atoms with Gasteiger partial charge in [-0.3, -0.25) is 29.8 Å². The van der Waals surface area contributed by atoms with E-state index in [4.69, 9.17) is 46.4 Å². The summed E-state index contributed by atoms with van der Waals surface area (Å²) in [6.07, 6.45) is -9.09. The molecule has 4 aromatic carbocycles. The van der Waals surface area contributed by atoms with Gasteiger partial charge in [0.1, 0.15) is 11.1 Å². The highest BCUT2D eigenvalue weighted by Gasteiger charge is 2.32. The van der Waals surface area contributed by atoms with Crippen LogP contribution in [0.15, 0.2) is 72.8 Å². The van der Waals surface area contributed by atoms with Gasteiger partial charge in [-0.05, 0) is 82.9 Å². The van der Waals surface area contributed by atoms with E-state index in [0.717, 1.165) is 60.7 Å². The number of nitro benzene ring substituents is 2. The van der Waals surface area contributed by atoms with Gasteiger partial charge < -0.3 is 5.48 Å². The maximum Gasteiger partial charge on any atom is 0.416 e. The molecule has 19 heteroatoms. The Morgan fingerprint density at radius 2 is 0.894 bits per heavy atom. The molecule has 2 N–H and O–H groups in total. The number of nitrogens with zero attached hydrogens (tertiary/aromatic N) is 2. The Labute approximate surface area is 278 Å². The predicted molar refractivity (Wildman–Crippen MR) is 161 cm³/mol. The van der Waals surface area contributed by atoms with Gasteiger partial charge in [0.15, 0.2) is 0 Å². The van der Waals surface area contributed by atoms with E-state index >= 15 is 0 Å². The number of halogens is 10. The zero-order valence-electron chi connectivity index (χ0n) is 22.6. The van der Waals surface area contributed by atoms with Crippen molar-refractivity contribution in [2.45, 2.75) is 12.4 Å². The zero-order valence-corrected chi connectivity index (χ0v) is 25.6. The number of carbonyl (C=O) groups excluding carboxylic acids is 2. The van der Waals surface area contributed by atoms with Crippen molar-refractivity contribution in [3.05, 3.63) is 125 Å². The predicted octanol–water partition coefficient (Wildman–Crippen LogP) is 9.80. The monoisotopic (exact) mass is 744 g/mol. The van der Waals surface area contributed by atoms with Crippen LogP contribution in [0, 0.1) is 20.2 Å². The van der Waals surface area contributed by atoms with Crippen molar-refractivity contribution in [1.29, 1.82) is 0 Å². The zero-order chi connectivity index (χ0) is 34.7. The number of carbonyl (C=O) groups is 2. The Hall–Kier alpha value is -4.28. The lowest BCUT2D eigenvalue weighted by Crippen LogP contribution is -2.04. The molecule has 0 radical (unpaired) electrons. The highest BCUT2D eigenvalue weighted by molar-refractivity contribution is 6.68. The van der Waals surface area contributed by atoms with Crippen LogP contribution in [-0.4, -0.2) is 25.8 Å². The lowest BCUT2D eigenvalue weighted by atomic mass is 10.0. The van der Waals surface area contributed by atoms with Crippen LogP contribution in [0.4, 0.5) is 37.7 Å². The average Bonchev–Trinajstić information content (AvgIpc) is 2.95. The Morgan fingerprint density at radius 3 is 1.13 bits per heavy atom. The molecule has 0 heterocycles. The third-order valence-electron chi connectivity index (χ3n) is 6.02. The van der Waals surface area contributed by atoms with Crippen molar-refractivity contribution in [2.75, 3.05) is 0 Å². The first-order valence-corrected chi connectivity index (χ1v) is 13.4. The molecule has 47 heavy (non-hydrogen) atoms. The summed E-state index contributed by atoms with van der Waals surface area (Å²) in [5.74, 6) is 0. The van der Waals surface area contributed by atoms with Crippen LogP contribution in [0.2, 0.25) is 10.0 Å². The summed E-state index contributed by atoms with van der Waals surface area (Å²) in [7, 11) is 0. The summed E-state index contributed by atoms with van der Waals surface area (Å²) in [6, 6.07) is 12.2. The minimum atomic E-state index is -4.55. The van der Waals surface area contributed by atoms with Crippen molar-refractivity contribution in [3.8, 4) is 22.3 Å². The largest absolute Gasteiger partial charge is 0.416 e. The molecule has 0 unspecified atom stereocenters. The summed E-state index contributed by atoms with van der Waals surface area (Å²) in [5, 5.41) is 19.2. The molecule has 0 amide bonds. The minimum Gasteiger partial charge on any atom is -0.412 e. The van der Waals surface area contributed by atoms with Crippen LogP contribution in [0.3, 0.4) is 0 Å². The smallest absolute Gasteiger partial charge is 0.412 e. The van der Waals surface area contributed by atoms with E-state index in [0.29, 0.717) is 0 Å². The van der Waals surface area contributed by atoms with Crippen molar-refractivity contribution < 1.29 is 51.3 Å². The Bertz CT molecular complexity index is 1750. The summed E-state index contributed by atoms with van der Waals surface area (Å²) in [6.45, 7) is 0. The molecule has 0 fully saturated rings. The number of hydrogen-bond donors (Lipinski definition) is 0. The molecular formula is C28H14Cl4F6N2O7. The van der Waals surface area contributed by atoms with E-state index in [1.807, 2.05) is 0 Å². The first-order valence-electron chi connectivity index (χ1n) is 11.9. The van der Waals surface area contributed by atoms with Crippen LogP contribution >= 0.6 is 46.4 Å². The van der Waals surface area contributed by atoms with Gasteiger partial charge in [0.2, 0.25) is 0 Å². The third-order valence-corrected chi connectivity index (χ3v) is 7.06. The van der Waals surface area contributed by atoms with Crippen LogP contribution in [0.25, 0.3) is 22.3 Å². The summed E-state index contributed by atoms with van der Waals surface area (Å²) < 4.78 is 75.7. The fourth-order valence-electron chi connectivity index (χ4n) is 3.89. The quantitative estimate of drug-likeness (QED) is 0.0829. The molecule has 4 rings (SSSR count). The summed E-state index contributed by atoms with van der Waals surface area (Å²) in [4.78, 5) is 42.7. The van der Waals surface area contributed by atoms with Crippen molar-refractivity contribution in [2.24, 2.45) is 0 Å². The second kappa shape index (κ2) is 15.1. The standard InChI is InChI=1S/2C14H6Cl2F3NO3.H2O/c2*15-11-6-8(14(17,18)19)2-3-9(11)7-1-4-12(20(22)23)10(5-7)13(16)21;/h2*1-6H;1H2. The number of rotatable bonds is 6. The van der Waals surface area contributed by atoms with Gasteiger partial charge >= 0.3 is 12.4 Å². The van der Waals surface area contributed by atoms with E-state index in [1.54, 1.807) is 0 Å². The first-order chi connectivity index (χ1) is 21.2. The number of nitro groups is 2. The molecule has 4 aromatic rings. The summed E-state index contributed by atoms with van der Waals surface area (Å²) in [5.41, 5.74) is -2.76. The van der Waals surface area contributed by atoms with Gasteiger partial charge in [0.25, 0.3) is 21.9 Å². The fourth-order valence-corrected chi connectivity index (χ4v) is 4.77. The van der Waals surface area contributed by atoms with Crippen molar-refractivity contribution >= 4 is 68.3 Å². The SMILES string of the molecule is O.O=C(Cl)c1cc(-c2ccc(C(F)(F)F)cc2Cl)ccc1[N+](=O)[O-].O=C(Cl)c1cc(-c2ccc(C(F)(F)F)cc2Cl)ccc1[N+](=O)[O-]. The van der Waals surface area contributed by atoms with Crippen molar-refractivity contribution in [1.82, 2.24) is 0 Å². The van der Waals surface area contributed by atoms with Crippen molar-refractivity contribution in [3.63, 3.8) is 0 Å². The molecular weight excluding hydrogens is 732 g/mol. The average molecular weight is 746 g/mol. The topological polar surface area (TPSA) is 152 Å². The van der Waals surface area contributed by atoms with Crippen LogP contribution in [-0.2, 0) is 12.4 Å². The van der Waals surface area contributed by atoms with E-state index < -0.39 is 55.2 Å². The van der Waals surface area contributed by atoms with E-state index in [9.17, 15) is 56.2 Å². The normalized spacial score (nSPS) is 11.1. The van der Waals surface area contributed by atoms with Gasteiger partial charge in [-0.25, -0.2) is 0 Å². The molecule has 0 atom stereocenters. The second-order valence-corrected chi connectivity index (χ2v) is 10.4. The molecule has 9 nitrogen and oxygen atoms in total. The number of hydrogen-bond acceptors (Lipinski definition) is 6. The molecule has 0 spiro atoms. The number of alkyl halides is 6.